The molecule has 2 atom stereocenters. The van der Waals surface area contributed by atoms with Gasteiger partial charge in [0, 0.05) is 16.6 Å². The fourth-order valence-electron chi connectivity index (χ4n) is 2.91. The molecule has 0 spiro atoms. The summed E-state index contributed by atoms with van der Waals surface area (Å²) in [7, 11) is 0. The second kappa shape index (κ2) is 6.80. The molecule has 1 aliphatic rings. The van der Waals surface area contributed by atoms with Gasteiger partial charge < -0.3 is 10.6 Å². The minimum atomic E-state index is -0.150. The molecule has 1 aliphatic heterocycles. The highest BCUT2D eigenvalue weighted by Gasteiger charge is 2.23. The van der Waals surface area contributed by atoms with Crippen molar-refractivity contribution < 1.29 is 4.79 Å². The molecule has 0 bridgehead atoms. The highest BCUT2D eigenvalue weighted by Crippen LogP contribution is 2.17. The van der Waals surface area contributed by atoms with Crippen LogP contribution in [0, 0.1) is 6.92 Å². The molecule has 2 N–H and O–H groups in total. The summed E-state index contributed by atoms with van der Waals surface area (Å²) in [4.78, 5) is 12.5. The Morgan fingerprint density at radius 3 is 3.04 bits per heavy atom. The molecule has 2 aromatic rings. The first-order valence-electron chi connectivity index (χ1n) is 7.77. The van der Waals surface area contributed by atoms with Gasteiger partial charge >= 0.3 is 0 Å². The van der Waals surface area contributed by atoms with Gasteiger partial charge in [-0.1, -0.05) is 27.2 Å². The Morgan fingerprint density at radius 1 is 1.48 bits per heavy atom. The lowest BCUT2D eigenvalue weighted by molar-refractivity contribution is 0.0920. The monoisotopic (exact) mass is 377 g/mol. The van der Waals surface area contributed by atoms with Crippen LogP contribution < -0.4 is 10.6 Å². The SMILES string of the molecule is Cc1c(C(=O)NC2CCNC(C)C2)nnn1-c1cccc(Br)c1. The van der Waals surface area contributed by atoms with Crippen molar-refractivity contribution in [2.24, 2.45) is 0 Å². The molecule has 23 heavy (non-hydrogen) atoms. The summed E-state index contributed by atoms with van der Waals surface area (Å²) in [6, 6.07) is 8.36. The van der Waals surface area contributed by atoms with Gasteiger partial charge in [-0.3, -0.25) is 4.79 Å². The number of nitrogens with zero attached hydrogens (tertiary/aromatic N) is 3. The van der Waals surface area contributed by atoms with Crippen LogP contribution in [-0.2, 0) is 0 Å². The summed E-state index contributed by atoms with van der Waals surface area (Å²) in [5.41, 5.74) is 2.00. The minimum absolute atomic E-state index is 0.150. The first-order valence-corrected chi connectivity index (χ1v) is 8.56. The number of piperidine rings is 1. The number of carbonyl (C=O) groups excluding carboxylic acids is 1. The predicted octanol–water partition coefficient (Wildman–Crippen LogP) is 2.21. The predicted molar refractivity (Wildman–Crippen MR) is 91.7 cm³/mol. The average molecular weight is 378 g/mol. The number of amides is 1. The van der Waals surface area contributed by atoms with Crippen molar-refractivity contribution in [3.8, 4) is 5.69 Å². The van der Waals surface area contributed by atoms with Gasteiger partial charge in [0.15, 0.2) is 5.69 Å². The lowest BCUT2D eigenvalue weighted by Crippen LogP contribution is -2.46. The zero-order valence-corrected chi connectivity index (χ0v) is 14.8. The van der Waals surface area contributed by atoms with E-state index in [-0.39, 0.29) is 11.9 Å². The van der Waals surface area contributed by atoms with Crippen LogP contribution in [0.15, 0.2) is 28.7 Å². The summed E-state index contributed by atoms with van der Waals surface area (Å²) in [6.45, 7) is 4.92. The first kappa shape index (κ1) is 16.1. The highest BCUT2D eigenvalue weighted by atomic mass is 79.9. The van der Waals surface area contributed by atoms with Crippen LogP contribution >= 0.6 is 15.9 Å². The maximum atomic E-state index is 12.5. The summed E-state index contributed by atoms with van der Waals surface area (Å²) in [5.74, 6) is -0.150. The Bertz CT molecular complexity index is 714. The van der Waals surface area contributed by atoms with Crippen molar-refractivity contribution in [3.63, 3.8) is 0 Å². The third-order valence-electron chi connectivity index (χ3n) is 4.12. The van der Waals surface area contributed by atoms with Crippen molar-refractivity contribution in [1.82, 2.24) is 25.6 Å². The number of carbonyl (C=O) groups is 1. The molecular formula is C16H20BrN5O. The molecule has 0 saturated carbocycles. The van der Waals surface area contributed by atoms with Crippen LogP contribution in [0.4, 0.5) is 0 Å². The summed E-state index contributed by atoms with van der Waals surface area (Å²) in [5, 5.41) is 14.7. The molecule has 7 heteroatoms. The van der Waals surface area contributed by atoms with Crippen molar-refractivity contribution >= 4 is 21.8 Å². The molecule has 3 rings (SSSR count). The quantitative estimate of drug-likeness (QED) is 0.859. The molecule has 1 amide bonds. The van der Waals surface area contributed by atoms with Crippen LogP contribution in [0.3, 0.4) is 0 Å². The van der Waals surface area contributed by atoms with Crippen molar-refractivity contribution in [3.05, 3.63) is 40.1 Å². The van der Waals surface area contributed by atoms with E-state index >= 15 is 0 Å². The van der Waals surface area contributed by atoms with Gasteiger partial charge in [-0.2, -0.15) is 0 Å². The van der Waals surface area contributed by atoms with Crippen molar-refractivity contribution in [2.75, 3.05) is 6.54 Å². The molecule has 1 saturated heterocycles. The third kappa shape index (κ3) is 3.61. The van der Waals surface area contributed by atoms with Crippen LogP contribution in [0.2, 0.25) is 0 Å². The highest BCUT2D eigenvalue weighted by molar-refractivity contribution is 9.10. The molecule has 0 radical (unpaired) electrons. The normalized spacial score (nSPS) is 21.2. The number of hydrogen-bond donors (Lipinski definition) is 2. The smallest absolute Gasteiger partial charge is 0.273 e. The zero-order chi connectivity index (χ0) is 16.4. The standard InChI is InChI=1S/C16H20BrN5O/c1-10-8-13(6-7-18-10)19-16(23)15-11(2)22(21-20-15)14-5-3-4-12(17)9-14/h3-5,9-10,13,18H,6-8H2,1-2H3,(H,19,23). The summed E-state index contributed by atoms with van der Waals surface area (Å²) in [6.07, 6.45) is 1.87. The lowest BCUT2D eigenvalue weighted by atomic mass is 10.0. The van der Waals surface area contributed by atoms with Crippen LogP contribution in [0.25, 0.3) is 5.69 Å². The van der Waals surface area contributed by atoms with E-state index in [4.69, 9.17) is 0 Å². The van der Waals surface area contributed by atoms with Crippen molar-refractivity contribution in [2.45, 2.75) is 38.8 Å². The number of benzene rings is 1. The summed E-state index contributed by atoms with van der Waals surface area (Å²) >= 11 is 3.44. The minimum Gasteiger partial charge on any atom is -0.348 e. The van der Waals surface area contributed by atoms with E-state index in [1.54, 1.807) is 4.68 Å². The van der Waals surface area contributed by atoms with E-state index in [9.17, 15) is 4.79 Å². The summed E-state index contributed by atoms with van der Waals surface area (Å²) < 4.78 is 2.64. The second-order valence-corrected chi connectivity index (χ2v) is 6.88. The number of nitrogens with one attached hydrogen (secondary N) is 2. The molecule has 1 aromatic heterocycles. The van der Waals surface area contributed by atoms with Crippen LogP contribution in [0.1, 0.15) is 35.9 Å². The van der Waals surface area contributed by atoms with Gasteiger partial charge in [-0.05, 0) is 51.4 Å². The van der Waals surface area contributed by atoms with Gasteiger partial charge in [0.25, 0.3) is 5.91 Å². The Kier molecular flexibility index (Phi) is 4.77. The Morgan fingerprint density at radius 2 is 2.30 bits per heavy atom. The maximum Gasteiger partial charge on any atom is 0.273 e. The van der Waals surface area contributed by atoms with E-state index in [0.29, 0.717) is 11.7 Å². The lowest BCUT2D eigenvalue weighted by Gasteiger charge is -2.28. The fraction of sp³-hybridized carbons (Fsp3) is 0.438. The maximum absolute atomic E-state index is 12.5. The largest absolute Gasteiger partial charge is 0.348 e. The van der Waals surface area contributed by atoms with Gasteiger partial charge in [-0.25, -0.2) is 4.68 Å². The van der Waals surface area contributed by atoms with Crippen LogP contribution in [-0.4, -0.2) is 39.5 Å². The number of halogens is 1. The zero-order valence-electron chi connectivity index (χ0n) is 13.2. The molecule has 1 fully saturated rings. The van der Waals surface area contributed by atoms with Gasteiger partial charge in [0.05, 0.1) is 11.4 Å². The van der Waals surface area contributed by atoms with E-state index in [0.717, 1.165) is 35.2 Å². The first-order chi connectivity index (χ1) is 11.0. The average Bonchev–Trinajstić information content (AvgIpc) is 2.89. The van der Waals surface area contributed by atoms with Gasteiger partial charge in [0.2, 0.25) is 0 Å². The second-order valence-electron chi connectivity index (χ2n) is 5.97. The van der Waals surface area contributed by atoms with E-state index in [1.807, 2.05) is 31.2 Å². The van der Waals surface area contributed by atoms with Crippen molar-refractivity contribution in [1.29, 1.82) is 0 Å². The third-order valence-corrected chi connectivity index (χ3v) is 4.61. The molecule has 0 aliphatic carbocycles. The Balaban J connectivity index is 1.77. The molecule has 2 unspecified atom stereocenters. The Labute approximate surface area is 143 Å². The molecule has 2 heterocycles. The van der Waals surface area contributed by atoms with E-state index < -0.39 is 0 Å². The molecule has 6 nitrogen and oxygen atoms in total. The Hall–Kier alpha value is -1.73. The number of rotatable bonds is 3. The topological polar surface area (TPSA) is 71.8 Å². The van der Waals surface area contributed by atoms with Gasteiger partial charge in [-0.15, -0.1) is 5.10 Å². The molecule has 1 aromatic carbocycles. The number of aromatic nitrogens is 3. The van der Waals surface area contributed by atoms with E-state index in [1.165, 1.54) is 0 Å². The van der Waals surface area contributed by atoms with Crippen LogP contribution in [0.5, 0.6) is 0 Å². The van der Waals surface area contributed by atoms with Gasteiger partial charge in [0.1, 0.15) is 0 Å². The van der Waals surface area contributed by atoms with E-state index in [2.05, 4.69) is 43.8 Å². The molecule has 122 valence electrons. The number of hydrogen-bond acceptors (Lipinski definition) is 4. The fourth-order valence-corrected chi connectivity index (χ4v) is 3.30. The molecular weight excluding hydrogens is 358 g/mol.